The van der Waals surface area contributed by atoms with E-state index in [1.54, 1.807) is 0 Å². The second-order valence-electron chi connectivity index (χ2n) is 4.50. The van der Waals surface area contributed by atoms with Gasteiger partial charge < -0.3 is 5.11 Å². The lowest BCUT2D eigenvalue weighted by Crippen LogP contribution is -2.54. The highest BCUT2D eigenvalue weighted by Gasteiger charge is 2.52. The number of hydrogen-bond acceptors (Lipinski definition) is 2. The molecule has 0 bridgehead atoms. The Labute approximate surface area is 78.5 Å². The lowest BCUT2D eigenvalue weighted by molar-refractivity contribution is -0.147. The van der Waals surface area contributed by atoms with Crippen molar-refractivity contribution in [1.29, 1.82) is 0 Å². The van der Waals surface area contributed by atoms with Crippen molar-refractivity contribution in [2.24, 2.45) is 5.92 Å². The Kier molecular flexibility index (Phi) is 2.06. The van der Waals surface area contributed by atoms with E-state index in [0.717, 1.165) is 25.7 Å². The first-order valence-electron chi connectivity index (χ1n) is 5.16. The zero-order valence-electron chi connectivity index (χ0n) is 8.05. The fourth-order valence-corrected chi connectivity index (χ4v) is 3.02. The van der Waals surface area contributed by atoms with Crippen molar-refractivity contribution in [3.8, 4) is 0 Å². The molecule has 3 heteroatoms. The Balaban J connectivity index is 2.24. The normalized spacial score (nSPS) is 44.4. The molecule has 1 aliphatic heterocycles. The van der Waals surface area contributed by atoms with Gasteiger partial charge in [-0.1, -0.05) is 12.8 Å². The topological polar surface area (TPSA) is 49.3 Å². The zero-order chi connectivity index (χ0) is 9.47. The van der Waals surface area contributed by atoms with Crippen LogP contribution in [0, 0.1) is 5.92 Å². The van der Waals surface area contributed by atoms with Gasteiger partial charge in [-0.25, -0.2) is 0 Å². The minimum Gasteiger partial charge on any atom is -0.480 e. The Morgan fingerprint density at radius 2 is 2.31 bits per heavy atom. The molecule has 1 saturated carbocycles. The molecular weight excluding hydrogens is 166 g/mol. The molecule has 0 unspecified atom stereocenters. The Hall–Kier alpha value is -0.570. The van der Waals surface area contributed by atoms with Crippen LogP contribution in [-0.2, 0) is 4.79 Å². The van der Waals surface area contributed by atoms with Gasteiger partial charge in [-0.05, 0) is 32.1 Å². The quantitative estimate of drug-likeness (QED) is 0.645. The molecule has 74 valence electrons. The highest BCUT2D eigenvalue weighted by molar-refractivity contribution is 5.80. The van der Waals surface area contributed by atoms with E-state index >= 15 is 0 Å². The third kappa shape index (κ3) is 1.26. The summed E-state index contributed by atoms with van der Waals surface area (Å²) in [4.78, 5) is 11.2. The van der Waals surface area contributed by atoms with Gasteiger partial charge in [0.2, 0.25) is 0 Å². The van der Waals surface area contributed by atoms with E-state index in [-0.39, 0.29) is 0 Å². The van der Waals surface area contributed by atoms with E-state index in [0.29, 0.717) is 12.0 Å². The van der Waals surface area contributed by atoms with Gasteiger partial charge in [0.1, 0.15) is 5.54 Å². The van der Waals surface area contributed by atoms with Crippen LogP contribution in [0.15, 0.2) is 0 Å². The van der Waals surface area contributed by atoms with Gasteiger partial charge in [0.25, 0.3) is 0 Å². The number of carbonyl (C=O) groups is 1. The molecule has 2 fully saturated rings. The Morgan fingerprint density at radius 1 is 1.54 bits per heavy atom. The molecule has 2 aliphatic rings. The van der Waals surface area contributed by atoms with Crippen LogP contribution in [0.5, 0.6) is 0 Å². The maximum Gasteiger partial charge on any atom is 0.324 e. The third-order valence-corrected chi connectivity index (χ3v) is 3.59. The van der Waals surface area contributed by atoms with Crippen molar-refractivity contribution >= 4 is 5.97 Å². The predicted octanol–water partition coefficient (Wildman–Crippen LogP) is 1.38. The molecule has 3 nitrogen and oxygen atoms in total. The molecular formula is C10H17NO2. The number of rotatable bonds is 1. The number of aliphatic carboxylic acids is 1. The fraction of sp³-hybridized carbons (Fsp3) is 0.900. The molecule has 0 aromatic rings. The van der Waals surface area contributed by atoms with Gasteiger partial charge in [0, 0.05) is 6.04 Å². The first kappa shape index (κ1) is 9.00. The summed E-state index contributed by atoms with van der Waals surface area (Å²) in [7, 11) is 0. The van der Waals surface area contributed by atoms with Crippen LogP contribution in [0.1, 0.15) is 39.0 Å². The lowest BCUT2D eigenvalue weighted by atomic mass is 9.74. The molecule has 2 N–H and O–H groups in total. The Bertz CT molecular complexity index is 229. The van der Waals surface area contributed by atoms with Crippen LogP contribution in [0.2, 0.25) is 0 Å². The number of hydrogen-bond donors (Lipinski definition) is 2. The molecule has 1 heterocycles. The summed E-state index contributed by atoms with van der Waals surface area (Å²) < 4.78 is 0. The second-order valence-corrected chi connectivity index (χ2v) is 4.50. The summed E-state index contributed by atoms with van der Waals surface area (Å²) >= 11 is 0. The average molecular weight is 183 g/mol. The van der Waals surface area contributed by atoms with Crippen LogP contribution in [0.25, 0.3) is 0 Å². The maximum atomic E-state index is 11.2. The first-order chi connectivity index (χ1) is 6.15. The van der Waals surface area contributed by atoms with Gasteiger partial charge in [-0.2, -0.15) is 0 Å². The van der Waals surface area contributed by atoms with Crippen LogP contribution >= 0.6 is 0 Å². The minimum absolute atomic E-state index is 0.369. The smallest absolute Gasteiger partial charge is 0.324 e. The molecule has 0 aromatic carbocycles. The van der Waals surface area contributed by atoms with Crippen LogP contribution in [0.3, 0.4) is 0 Å². The summed E-state index contributed by atoms with van der Waals surface area (Å²) in [5.74, 6) is -0.268. The van der Waals surface area contributed by atoms with E-state index in [1.165, 1.54) is 6.42 Å². The van der Waals surface area contributed by atoms with E-state index in [1.807, 2.05) is 0 Å². The van der Waals surface area contributed by atoms with E-state index in [4.69, 9.17) is 0 Å². The third-order valence-electron chi connectivity index (χ3n) is 3.59. The first-order valence-corrected chi connectivity index (χ1v) is 5.16. The summed E-state index contributed by atoms with van der Waals surface area (Å²) in [5.41, 5.74) is -0.572. The zero-order valence-corrected chi connectivity index (χ0v) is 8.05. The number of carboxylic acids is 1. The second kappa shape index (κ2) is 2.98. The lowest BCUT2D eigenvalue weighted by Gasteiger charge is -2.35. The van der Waals surface area contributed by atoms with E-state index < -0.39 is 11.5 Å². The standard InChI is InChI=1S/C10H17NO2/c1-7-6-8-4-2-3-5-10(8,11-7)9(12)13/h7-8,11H,2-6H2,1H3,(H,12,13)/t7-,8-,10-/m1/s1. The molecule has 0 radical (unpaired) electrons. The molecule has 0 aromatic heterocycles. The Morgan fingerprint density at radius 3 is 2.92 bits per heavy atom. The van der Waals surface area contributed by atoms with Crippen molar-refractivity contribution in [3.05, 3.63) is 0 Å². The van der Waals surface area contributed by atoms with E-state index in [9.17, 15) is 9.90 Å². The molecule has 1 saturated heterocycles. The number of nitrogens with one attached hydrogen (secondary N) is 1. The van der Waals surface area contributed by atoms with Crippen molar-refractivity contribution in [2.75, 3.05) is 0 Å². The predicted molar refractivity (Wildman–Crippen MR) is 49.5 cm³/mol. The highest BCUT2D eigenvalue weighted by Crippen LogP contribution is 2.41. The van der Waals surface area contributed by atoms with Gasteiger partial charge >= 0.3 is 5.97 Å². The van der Waals surface area contributed by atoms with Crippen molar-refractivity contribution < 1.29 is 9.90 Å². The minimum atomic E-state index is -0.637. The number of carboxylic acid groups (broad SMARTS) is 1. The van der Waals surface area contributed by atoms with Gasteiger partial charge in [-0.15, -0.1) is 0 Å². The SMILES string of the molecule is C[C@@H]1C[C@H]2CCCC[C@@]2(C(=O)O)N1. The monoisotopic (exact) mass is 183 g/mol. The van der Waals surface area contributed by atoms with Crippen molar-refractivity contribution in [3.63, 3.8) is 0 Å². The maximum absolute atomic E-state index is 11.2. The van der Waals surface area contributed by atoms with Crippen molar-refractivity contribution in [2.45, 2.75) is 50.6 Å². The molecule has 2 rings (SSSR count). The van der Waals surface area contributed by atoms with Gasteiger partial charge in [0.15, 0.2) is 0 Å². The molecule has 13 heavy (non-hydrogen) atoms. The highest BCUT2D eigenvalue weighted by atomic mass is 16.4. The summed E-state index contributed by atoms with van der Waals surface area (Å²) in [5, 5.41) is 12.5. The van der Waals surface area contributed by atoms with Crippen molar-refractivity contribution in [1.82, 2.24) is 5.32 Å². The number of fused-ring (bicyclic) bond motifs is 1. The van der Waals surface area contributed by atoms with Crippen LogP contribution in [-0.4, -0.2) is 22.7 Å². The summed E-state index contributed by atoms with van der Waals surface area (Å²) in [6.07, 6.45) is 5.20. The van der Waals surface area contributed by atoms with E-state index in [2.05, 4.69) is 12.2 Å². The average Bonchev–Trinajstić information content (AvgIpc) is 2.41. The van der Waals surface area contributed by atoms with Gasteiger partial charge in [0.05, 0.1) is 0 Å². The molecule has 0 spiro atoms. The molecule has 1 aliphatic carbocycles. The fourth-order valence-electron chi connectivity index (χ4n) is 3.02. The molecule has 3 atom stereocenters. The summed E-state index contributed by atoms with van der Waals surface area (Å²) in [6, 6.07) is 0.374. The summed E-state index contributed by atoms with van der Waals surface area (Å²) in [6.45, 7) is 2.09. The van der Waals surface area contributed by atoms with Crippen LogP contribution in [0.4, 0.5) is 0 Å². The van der Waals surface area contributed by atoms with Crippen LogP contribution < -0.4 is 5.32 Å². The largest absolute Gasteiger partial charge is 0.480 e. The van der Waals surface area contributed by atoms with Gasteiger partial charge in [-0.3, -0.25) is 10.1 Å². The molecule has 0 amide bonds.